The van der Waals surface area contributed by atoms with Gasteiger partial charge in [-0.15, -0.1) is 0 Å². The van der Waals surface area contributed by atoms with Crippen molar-refractivity contribution in [3.8, 4) is 0 Å². The van der Waals surface area contributed by atoms with E-state index in [4.69, 9.17) is 11.6 Å². The molecule has 0 amide bonds. The van der Waals surface area contributed by atoms with E-state index in [-0.39, 0.29) is 6.04 Å². The van der Waals surface area contributed by atoms with E-state index in [0.29, 0.717) is 0 Å². The molecule has 0 bridgehead atoms. The number of pyridine rings is 1. The van der Waals surface area contributed by atoms with Gasteiger partial charge in [0.2, 0.25) is 0 Å². The molecule has 0 unspecified atom stereocenters. The van der Waals surface area contributed by atoms with E-state index in [2.05, 4.69) is 17.2 Å². The molecule has 0 aliphatic rings. The van der Waals surface area contributed by atoms with Crippen LogP contribution in [0.3, 0.4) is 0 Å². The maximum absolute atomic E-state index is 5.86. The van der Waals surface area contributed by atoms with Crippen molar-refractivity contribution >= 4 is 11.6 Å². The molecule has 0 saturated heterocycles. The van der Waals surface area contributed by atoms with Crippen molar-refractivity contribution < 1.29 is 0 Å². The summed E-state index contributed by atoms with van der Waals surface area (Å²) in [6.07, 6.45) is 1.81. The number of rotatable bonds is 4. The highest BCUT2D eigenvalue weighted by Gasteiger charge is 2.04. The summed E-state index contributed by atoms with van der Waals surface area (Å²) in [5, 5.41) is 4.20. The second-order valence-electron chi connectivity index (χ2n) is 3.98. The Morgan fingerprint density at radius 2 is 1.94 bits per heavy atom. The first-order valence-electron chi connectivity index (χ1n) is 5.64. The van der Waals surface area contributed by atoms with Crippen LogP contribution in [0.2, 0.25) is 5.02 Å². The van der Waals surface area contributed by atoms with Gasteiger partial charge in [0, 0.05) is 23.8 Å². The predicted molar refractivity (Wildman–Crippen MR) is 70.9 cm³/mol. The van der Waals surface area contributed by atoms with Crippen LogP contribution >= 0.6 is 11.6 Å². The summed E-state index contributed by atoms with van der Waals surface area (Å²) in [6.45, 7) is 2.90. The number of nitrogens with one attached hydrogen (secondary N) is 1. The minimum atomic E-state index is 0.286. The lowest BCUT2D eigenvalue weighted by Gasteiger charge is -2.13. The van der Waals surface area contributed by atoms with Gasteiger partial charge in [-0.3, -0.25) is 4.98 Å². The first-order chi connectivity index (χ1) is 8.25. The minimum absolute atomic E-state index is 0.286. The van der Waals surface area contributed by atoms with E-state index in [0.717, 1.165) is 17.3 Å². The second-order valence-corrected chi connectivity index (χ2v) is 4.41. The molecule has 0 radical (unpaired) electrons. The van der Waals surface area contributed by atoms with Crippen LogP contribution in [-0.4, -0.2) is 4.98 Å². The zero-order chi connectivity index (χ0) is 12.1. The van der Waals surface area contributed by atoms with Crippen LogP contribution < -0.4 is 5.32 Å². The molecular weight excluding hydrogens is 232 g/mol. The average Bonchev–Trinajstić information content (AvgIpc) is 2.38. The summed E-state index contributed by atoms with van der Waals surface area (Å²) < 4.78 is 0. The Labute approximate surface area is 107 Å². The Hall–Kier alpha value is -1.38. The van der Waals surface area contributed by atoms with Crippen LogP contribution in [0.5, 0.6) is 0 Å². The van der Waals surface area contributed by atoms with E-state index < -0.39 is 0 Å². The van der Waals surface area contributed by atoms with Crippen molar-refractivity contribution in [2.75, 3.05) is 0 Å². The predicted octanol–water partition coefficient (Wildman–Crippen LogP) is 3.59. The van der Waals surface area contributed by atoms with Crippen LogP contribution in [-0.2, 0) is 6.54 Å². The summed E-state index contributed by atoms with van der Waals surface area (Å²) in [4.78, 5) is 4.27. The Morgan fingerprint density at radius 1 is 1.18 bits per heavy atom. The third kappa shape index (κ3) is 3.55. The standard InChI is InChI=1S/C14H15ClN2/c1-11(12-5-7-13(15)8-6-12)17-10-14-4-2-3-9-16-14/h2-9,11,17H,10H2,1H3/t11-/m1/s1. The summed E-state index contributed by atoms with van der Waals surface area (Å²) in [5.41, 5.74) is 2.28. The van der Waals surface area contributed by atoms with Gasteiger partial charge in [0.15, 0.2) is 0 Å². The smallest absolute Gasteiger partial charge is 0.0541 e. The lowest BCUT2D eigenvalue weighted by molar-refractivity contribution is 0.568. The zero-order valence-corrected chi connectivity index (χ0v) is 10.5. The molecule has 0 saturated carbocycles. The van der Waals surface area contributed by atoms with Crippen LogP contribution in [0, 0.1) is 0 Å². The van der Waals surface area contributed by atoms with E-state index in [1.165, 1.54) is 5.56 Å². The minimum Gasteiger partial charge on any atom is -0.305 e. The Bertz CT molecular complexity index is 453. The third-order valence-electron chi connectivity index (χ3n) is 2.69. The van der Waals surface area contributed by atoms with Gasteiger partial charge >= 0.3 is 0 Å². The van der Waals surface area contributed by atoms with E-state index in [1.54, 1.807) is 0 Å². The van der Waals surface area contributed by atoms with E-state index in [1.807, 2.05) is 48.7 Å². The largest absolute Gasteiger partial charge is 0.305 e. The van der Waals surface area contributed by atoms with Crippen molar-refractivity contribution in [3.05, 3.63) is 64.9 Å². The van der Waals surface area contributed by atoms with Crippen LogP contribution in [0.4, 0.5) is 0 Å². The van der Waals surface area contributed by atoms with Gasteiger partial charge in [-0.2, -0.15) is 0 Å². The van der Waals surface area contributed by atoms with Crippen molar-refractivity contribution in [1.82, 2.24) is 10.3 Å². The fourth-order valence-corrected chi connectivity index (χ4v) is 1.76. The van der Waals surface area contributed by atoms with Crippen molar-refractivity contribution in [2.45, 2.75) is 19.5 Å². The SMILES string of the molecule is C[C@@H](NCc1ccccn1)c1ccc(Cl)cc1. The number of aromatic nitrogens is 1. The normalized spacial score (nSPS) is 12.4. The first kappa shape index (κ1) is 12.1. The Balaban J connectivity index is 1.93. The van der Waals surface area contributed by atoms with Crippen LogP contribution in [0.15, 0.2) is 48.7 Å². The quantitative estimate of drug-likeness (QED) is 0.892. The third-order valence-corrected chi connectivity index (χ3v) is 2.94. The monoisotopic (exact) mass is 246 g/mol. The van der Waals surface area contributed by atoms with Gasteiger partial charge < -0.3 is 5.32 Å². The highest BCUT2D eigenvalue weighted by Crippen LogP contribution is 2.16. The maximum atomic E-state index is 5.86. The lowest BCUT2D eigenvalue weighted by Crippen LogP contribution is -2.18. The van der Waals surface area contributed by atoms with E-state index in [9.17, 15) is 0 Å². The van der Waals surface area contributed by atoms with Gasteiger partial charge in [0.25, 0.3) is 0 Å². The lowest BCUT2D eigenvalue weighted by atomic mass is 10.1. The highest BCUT2D eigenvalue weighted by molar-refractivity contribution is 6.30. The number of hydrogen-bond acceptors (Lipinski definition) is 2. The zero-order valence-electron chi connectivity index (χ0n) is 9.73. The Morgan fingerprint density at radius 3 is 2.59 bits per heavy atom. The van der Waals surface area contributed by atoms with Crippen LogP contribution in [0.1, 0.15) is 24.2 Å². The molecule has 0 aliphatic heterocycles. The average molecular weight is 247 g/mol. The fraction of sp³-hybridized carbons (Fsp3) is 0.214. The molecule has 1 N–H and O–H groups in total. The topological polar surface area (TPSA) is 24.9 Å². The molecule has 1 aromatic heterocycles. The van der Waals surface area contributed by atoms with Crippen LogP contribution in [0.25, 0.3) is 0 Å². The van der Waals surface area contributed by atoms with Gasteiger partial charge in [0.1, 0.15) is 0 Å². The van der Waals surface area contributed by atoms with E-state index >= 15 is 0 Å². The molecule has 1 aromatic carbocycles. The number of halogens is 1. The van der Waals surface area contributed by atoms with Gasteiger partial charge in [-0.05, 0) is 36.8 Å². The number of benzene rings is 1. The summed E-state index contributed by atoms with van der Waals surface area (Å²) in [7, 11) is 0. The molecule has 3 heteroatoms. The molecule has 1 atom stereocenters. The number of hydrogen-bond donors (Lipinski definition) is 1. The summed E-state index contributed by atoms with van der Waals surface area (Å²) >= 11 is 5.86. The van der Waals surface area contributed by atoms with Gasteiger partial charge in [-0.1, -0.05) is 29.8 Å². The molecule has 17 heavy (non-hydrogen) atoms. The molecular formula is C14H15ClN2. The fourth-order valence-electron chi connectivity index (χ4n) is 1.63. The Kier molecular flexibility index (Phi) is 4.13. The molecule has 0 aliphatic carbocycles. The molecule has 88 valence electrons. The van der Waals surface area contributed by atoms with Crippen molar-refractivity contribution in [3.63, 3.8) is 0 Å². The molecule has 2 nitrogen and oxygen atoms in total. The summed E-state index contributed by atoms with van der Waals surface area (Å²) in [6, 6.07) is 14.1. The number of nitrogens with zero attached hydrogens (tertiary/aromatic N) is 1. The second kappa shape index (κ2) is 5.80. The summed E-state index contributed by atoms with van der Waals surface area (Å²) in [5.74, 6) is 0. The highest BCUT2D eigenvalue weighted by atomic mass is 35.5. The first-order valence-corrected chi connectivity index (χ1v) is 6.02. The van der Waals surface area contributed by atoms with Gasteiger partial charge in [-0.25, -0.2) is 0 Å². The van der Waals surface area contributed by atoms with Crippen molar-refractivity contribution in [2.24, 2.45) is 0 Å². The molecule has 0 spiro atoms. The molecule has 0 fully saturated rings. The molecule has 1 heterocycles. The van der Waals surface area contributed by atoms with Crippen molar-refractivity contribution in [1.29, 1.82) is 0 Å². The maximum Gasteiger partial charge on any atom is 0.0541 e. The van der Waals surface area contributed by atoms with Gasteiger partial charge in [0.05, 0.1) is 5.69 Å². The molecule has 2 rings (SSSR count). The molecule has 2 aromatic rings.